The normalized spacial score (nSPS) is 12.6. The first-order valence-electron chi connectivity index (χ1n) is 14.4. The lowest BCUT2D eigenvalue weighted by molar-refractivity contribution is -0.140. The fourth-order valence-corrected chi connectivity index (χ4v) is 6.49. The van der Waals surface area contributed by atoms with E-state index in [1.54, 1.807) is 42.5 Å². The standard InChI is InChI=1S/C34H34Cl2FN3O4S/c1-3-24(2)38-34(42)32(20-25-12-6-4-7-13-25)39(22-26-14-10-11-17-29(26)35)33(41)23-40(27-18-19-31(37)30(36)21-27)45(43,44)28-15-8-5-9-16-28/h4-19,21,24,32H,3,20,22-23H2,1-2H3,(H,38,42)/t24-,32-/m0/s1. The summed E-state index contributed by atoms with van der Waals surface area (Å²) in [7, 11) is -4.34. The fraction of sp³-hybridized carbons (Fsp3) is 0.235. The van der Waals surface area contributed by atoms with Crippen LogP contribution < -0.4 is 9.62 Å². The molecule has 0 heterocycles. The Morgan fingerprint density at radius 1 is 0.867 bits per heavy atom. The van der Waals surface area contributed by atoms with Crippen molar-refractivity contribution in [2.24, 2.45) is 0 Å². The SMILES string of the molecule is CC[C@H](C)NC(=O)[C@H](Cc1ccccc1)N(Cc1ccccc1Cl)C(=O)CN(c1ccc(F)c(Cl)c1)S(=O)(=O)c1ccccc1. The van der Waals surface area contributed by atoms with Gasteiger partial charge in [-0.15, -0.1) is 0 Å². The number of carbonyl (C=O) groups excluding carboxylic acids is 2. The Morgan fingerprint density at radius 2 is 1.49 bits per heavy atom. The van der Waals surface area contributed by atoms with Crippen LogP contribution in [-0.2, 0) is 32.6 Å². The Balaban J connectivity index is 1.83. The van der Waals surface area contributed by atoms with Crippen LogP contribution in [0.2, 0.25) is 10.0 Å². The smallest absolute Gasteiger partial charge is 0.264 e. The first-order valence-corrected chi connectivity index (χ1v) is 16.6. The van der Waals surface area contributed by atoms with E-state index in [2.05, 4.69) is 5.32 Å². The largest absolute Gasteiger partial charge is 0.352 e. The number of hydrogen-bond donors (Lipinski definition) is 1. The summed E-state index contributed by atoms with van der Waals surface area (Å²) in [4.78, 5) is 29.6. The molecule has 0 bridgehead atoms. The Labute approximate surface area is 273 Å². The van der Waals surface area contributed by atoms with Crippen LogP contribution in [0.3, 0.4) is 0 Å². The topological polar surface area (TPSA) is 86.8 Å². The van der Waals surface area contributed by atoms with E-state index >= 15 is 0 Å². The van der Waals surface area contributed by atoms with Crippen molar-refractivity contribution in [2.75, 3.05) is 10.8 Å². The van der Waals surface area contributed by atoms with Gasteiger partial charge < -0.3 is 10.2 Å². The summed E-state index contributed by atoms with van der Waals surface area (Å²) in [6, 6.07) is 26.0. The summed E-state index contributed by atoms with van der Waals surface area (Å²) >= 11 is 12.6. The highest BCUT2D eigenvalue weighted by Crippen LogP contribution is 2.29. The molecule has 0 aliphatic rings. The van der Waals surface area contributed by atoms with Crippen LogP contribution in [0, 0.1) is 5.82 Å². The second-order valence-corrected chi connectivity index (χ2v) is 13.2. The number of rotatable bonds is 13. The quantitative estimate of drug-likeness (QED) is 0.168. The number of halogens is 3. The highest BCUT2D eigenvalue weighted by atomic mass is 35.5. The van der Waals surface area contributed by atoms with Gasteiger partial charge in [0, 0.05) is 24.0 Å². The molecule has 0 aliphatic carbocycles. The minimum Gasteiger partial charge on any atom is -0.352 e. The van der Waals surface area contributed by atoms with E-state index in [1.807, 2.05) is 44.2 Å². The summed E-state index contributed by atoms with van der Waals surface area (Å²) in [5.74, 6) is -1.81. The van der Waals surface area contributed by atoms with E-state index in [0.29, 0.717) is 17.0 Å². The molecular formula is C34H34Cl2FN3O4S. The summed E-state index contributed by atoms with van der Waals surface area (Å²) in [6.07, 6.45) is 0.823. The Hall–Kier alpha value is -3.92. The zero-order valence-electron chi connectivity index (χ0n) is 24.9. The van der Waals surface area contributed by atoms with Gasteiger partial charge in [0.2, 0.25) is 11.8 Å². The van der Waals surface area contributed by atoms with Gasteiger partial charge in [0.15, 0.2) is 0 Å². The number of hydrogen-bond acceptors (Lipinski definition) is 4. The maximum Gasteiger partial charge on any atom is 0.264 e. The van der Waals surface area contributed by atoms with Gasteiger partial charge in [-0.05, 0) is 60.9 Å². The van der Waals surface area contributed by atoms with E-state index < -0.39 is 40.2 Å². The van der Waals surface area contributed by atoms with E-state index in [-0.39, 0.29) is 34.6 Å². The average molecular weight is 671 g/mol. The predicted molar refractivity (Wildman–Crippen MR) is 176 cm³/mol. The molecule has 0 aliphatic heterocycles. The second-order valence-electron chi connectivity index (χ2n) is 10.6. The molecule has 0 spiro atoms. The van der Waals surface area contributed by atoms with Gasteiger partial charge >= 0.3 is 0 Å². The van der Waals surface area contributed by atoms with Gasteiger partial charge in [-0.3, -0.25) is 13.9 Å². The third-order valence-electron chi connectivity index (χ3n) is 7.37. The van der Waals surface area contributed by atoms with Crippen LogP contribution in [0.4, 0.5) is 10.1 Å². The molecule has 0 fully saturated rings. The number of benzene rings is 4. The molecule has 4 aromatic carbocycles. The lowest BCUT2D eigenvalue weighted by atomic mass is 10.0. The molecule has 0 saturated heterocycles. The number of sulfonamides is 1. The molecule has 0 unspecified atom stereocenters. The average Bonchev–Trinajstić information content (AvgIpc) is 3.04. The highest BCUT2D eigenvalue weighted by molar-refractivity contribution is 7.92. The predicted octanol–water partition coefficient (Wildman–Crippen LogP) is 6.88. The molecule has 0 aromatic heterocycles. The molecule has 7 nitrogen and oxygen atoms in total. The molecule has 45 heavy (non-hydrogen) atoms. The van der Waals surface area contributed by atoms with Crippen molar-refractivity contribution in [1.82, 2.24) is 10.2 Å². The molecule has 0 saturated carbocycles. The number of carbonyl (C=O) groups is 2. The number of nitrogens with one attached hydrogen (secondary N) is 1. The van der Waals surface area contributed by atoms with Crippen molar-refractivity contribution in [2.45, 2.75) is 50.2 Å². The summed E-state index contributed by atoms with van der Waals surface area (Å²) < 4.78 is 43.0. The van der Waals surface area contributed by atoms with E-state index in [1.165, 1.54) is 23.1 Å². The third-order valence-corrected chi connectivity index (χ3v) is 9.82. The van der Waals surface area contributed by atoms with Gasteiger partial charge in [0.05, 0.1) is 15.6 Å². The Morgan fingerprint density at radius 3 is 2.11 bits per heavy atom. The van der Waals surface area contributed by atoms with Gasteiger partial charge in [0.25, 0.3) is 10.0 Å². The third kappa shape index (κ3) is 8.63. The van der Waals surface area contributed by atoms with Crippen LogP contribution in [0.1, 0.15) is 31.4 Å². The van der Waals surface area contributed by atoms with Crippen LogP contribution in [0.25, 0.3) is 0 Å². The van der Waals surface area contributed by atoms with Crippen molar-refractivity contribution < 1.29 is 22.4 Å². The van der Waals surface area contributed by atoms with E-state index in [9.17, 15) is 22.4 Å². The summed E-state index contributed by atoms with van der Waals surface area (Å²) in [5, 5.41) is 3.06. The van der Waals surface area contributed by atoms with Crippen molar-refractivity contribution in [3.8, 4) is 0 Å². The minimum absolute atomic E-state index is 0.0139. The van der Waals surface area contributed by atoms with Crippen LogP contribution in [-0.4, -0.2) is 43.8 Å². The highest BCUT2D eigenvalue weighted by Gasteiger charge is 2.35. The molecule has 236 valence electrons. The van der Waals surface area contributed by atoms with Crippen molar-refractivity contribution >= 4 is 50.7 Å². The molecule has 2 amide bonds. The molecule has 4 rings (SSSR count). The molecule has 2 atom stereocenters. The summed E-state index contributed by atoms with van der Waals surface area (Å²) in [5.41, 5.74) is 1.36. The summed E-state index contributed by atoms with van der Waals surface area (Å²) in [6.45, 7) is 3.02. The van der Waals surface area contributed by atoms with Crippen molar-refractivity contribution in [3.05, 3.63) is 130 Å². The lowest BCUT2D eigenvalue weighted by Crippen LogP contribution is -2.54. The maximum absolute atomic E-state index is 14.5. The molecule has 1 N–H and O–H groups in total. The first kappa shape index (κ1) is 34.0. The van der Waals surface area contributed by atoms with Crippen LogP contribution in [0.15, 0.2) is 108 Å². The Bertz CT molecular complexity index is 1730. The first-order chi connectivity index (χ1) is 21.5. The fourth-order valence-electron chi connectivity index (χ4n) is 4.69. The van der Waals surface area contributed by atoms with Crippen molar-refractivity contribution in [1.29, 1.82) is 0 Å². The molecule has 4 aromatic rings. The minimum atomic E-state index is -4.34. The molecule has 11 heteroatoms. The number of anilines is 1. The van der Waals surface area contributed by atoms with Crippen molar-refractivity contribution in [3.63, 3.8) is 0 Å². The zero-order chi connectivity index (χ0) is 32.6. The molecular weight excluding hydrogens is 636 g/mol. The van der Waals surface area contributed by atoms with Crippen LogP contribution >= 0.6 is 23.2 Å². The van der Waals surface area contributed by atoms with Crippen LogP contribution in [0.5, 0.6) is 0 Å². The van der Waals surface area contributed by atoms with E-state index in [0.717, 1.165) is 22.0 Å². The number of nitrogens with zero attached hydrogens (tertiary/aromatic N) is 2. The van der Waals surface area contributed by atoms with Gasteiger partial charge in [-0.25, -0.2) is 12.8 Å². The zero-order valence-corrected chi connectivity index (χ0v) is 27.2. The number of amides is 2. The van der Waals surface area contributed by atoms with Gasteiger partial charge in [0.1, 0.15) is 18.4 Å². The van der Waals surface area contributed by atoms with Gasteiger partial charge in [-0.2, -0.15) is 0 Å². The monoisotopic (exact) mass is 669 g/mol. The maximum atomic E-state index is 14.5. The van der Waals surface area contributed by atoms with E-state index in [4.69, 9.17) is 23.2 Å². The Kier molecular flexibility index (Phi) is 11.6. The second kappa shape index (κ2) is 15.4. The molecule has 0 radical (unpaired) electrons. The lowest BCUT2D eigenvalue weighted by Gasteiger charge is -2.34. The van der Waals surface area contributed by atoms with Gasteiger partial charge in [-0.1, -0.05) is 96.9 Å².